The van der Waals surface area contributed by atoms with E-state index in [-0.39, 0.29) is 13.0 Å². The van der Waals surface area contributed by atoms with Crippen LogP contribution in [-0.4, -0.2) is 46.3 Å². The fourth-order valence-corrected chi connectivity index (χ4v) is 3.40. The number of ether oxygens (including phenoxy) is 1. The predicted molar refractivity (Wildman–Crippen MR) is 117 cm³/mol. The number of imide groups is 1. The van der Waals surface area contributed by atoms with Gasteiger partial charge in [0.2, 0.25) is 11.8 Å². The summed E-state index contributed by atoms with van der Waals surface area (Å²) in [5, 5.41) is 8.86. The smallest absolute Gasteiger partial charge is 0.328 e. The molecule has 1 unspecified atom stereocenters. The first-order valence-electron chi connectivity index (χ1n) is 10.3. The van der Waals surface area contributed by atoms with Gasteiger partial charge < -0.3 is 14.7 Å². The Hall–Kier alpha value is -3.94. The minimum Gasteiger partial charge on any atom is -0.494 e. The number of carboxylic acids is 1. The molecule has 1 aliphatic rings. The minimum atomic E-state index is -1.28. The minimum absolute atomic E-state index is 0.0605. The summed E-state index contributed by atoms with van der Waals surface area (Å²) in [5.74, 6) is -2.28. The van der Waals surface area contributed by atoms with Crippen LogP contribution in [0.1, 0.15) is 25.3 Å². The molecule has 3 amide bonds. The number of hydrogen-bond acceptors (Lipinski definition) is 5. The van der Waals surface area contributed by atoms with Crippen LogP contribution in [0.25, 0.3) is 0 Å². The van der Waals surface area contributed by atoms with Crippen LogP contribution in [0.15, 0.2) is 66.7 Å². The van der Waals surface area contributed by atoms with Gasteiger partial charge in [-0.2, -0.15) is 0 Å². The summed E-state index contributed by atoms with van der Waals surface area (Å²) in [6, 6.07) is 14.5. The Kier molecular flexibility index (Phi) is 7.38. The molecule has 166 valence electrons. The SMILES string of the molecule is CCCOc1ccc(N2C(=O)CC(N(Cc3ccccc3)C(=O)C=CC(=O)O)C2=O)cc1. The van der Waals surface area contributed by atoms with E-state index in [9.17, 15) is 19.2 Å². The third-order valence-corrected chi connectivity index (χ3v) is 4.91. The number of rotatable bonds is 9. The first-order chi connectivity index (χ1) is 15.4. The Labute approximate surface area is 185 Å². The standard InChI is InChI=1S/C24H24N2O6/c1-2-14-32-19-10-8-18(9-11-19)26-22(28)15-20(24(26)31)25(21(27)12-13-23(29)30)16-17-6-4-3-5-7-17/h3-13,20H,2,14-16H2,1H3,(H,29,30). The number of benzene rings is 2. The van der Waals surface area contributed by atoms with Gasteiger partial charge in [0.25, 0.3) is 5.91 Å². The average Bonchev–Trinajstić information content (AvgIpc) is 3.09. The van der Waals surface area contributed by atoms with Crippen LogP contribution in [0.3, 0.4) is 0 Å². The summed E-state index contributed by atoms with van der Waals surface area (Å²) in [6.07, 6.45) is 2.28. The molecule has 1 aliphatic heterocycles. The quantitative estimate of drug-likeness (QED) is 0.479. The van der Waals surface area contributed by atoms with E-state index in [1.807, 2.05) is 13.0 Å². The summed E-state index contributed by atoms with van der Waals surface area (Å²) >= 11 is 0. The molecule has 3 rings (SSSR count). The Morgan fingerprint density at radius 1 is 1.09 bits per heavy atom. The Morgan fingerprint density at radius 3 is 2.41 bits per heavy atom. The van der Waals surface area contributed by atoms with E-state index in [2.05, 4.69) is 0 Å². The van der Waals surface area contributed by atoms with Crippen molar-refractivity contribution < 1.29 is 29.0 Å². The van der Waals surface area contributed by atoms with Crippen molar-refractivity contribution in [3.05, 3.63) is 72.3 Å². The van der Waals surface area contributed by atoms with Crippen LogP contribution >= 0.6 is 0 Å². The van der Waals surface area contributed by atoms with Crippen molar-refractivity contribution in [3.8, 4) is 5.75 Å². The number of anilines is 1. The highest BCUT2D eigenvalue weighted by Gasteiger charge is 2.44. The lowest BCUT2D eigenvalue weighted by molar-refractivity contribution is -0.135. The number of nitrogens with zero attached hydrogens (tertiary/aromatic N) is 2. The molecule has 2 aromatic carbocycles. The van der Waals surface area contributed by atoms with Crippen molar-refractivity contribution in [1.29, 1.82) is 0 Å². The highest BCUT2D eigenvalue weighted by atomic mass is 16.5. The van der Waals surface area contributed by atoms with Crippen molar-refractivity contribution in [2.45, 2.75) is 32.4 Å². The summed E-state index contributed by atoms with van der Waals surface area (Å²) in [7, 11) is 0. The van der Waals surface area contributed by atoms with Gasteiger partial charge >= 0.3 is 5.97 Å². The molecule has 1 atom stereocenters. The largest absolute Gasteiger partial charge is 0.494 e. The number of carbonyl (C=O) groups is 4. The lowest BCUT2D eigenvalue weighted by Crippen LogP contribution is -2.44. The molecule has 2 aromatic rings. The Bertz CT molecular complexity index is 1020. The van der Waals surface area contributed by atoms with E-state index in [0.717, 1.165) is 23.0 Å². The van der Waals surface area contributed by atoms with E-state index in [0.29, 0.717) is 24.1 Å². The van der Waals surface area contributed by atoms with Crippen LogP contribution in [0.5, 0.6) is 5.75 Å². The molecule has 1 N–H and O–H groups in total. The molecule has 1 heterocycles. The highest BCUT2D eigenvalue weighted by molar-refractivity contribution is 6.23. The van der Waals surface area contributed by atoms with Gasteiger partial charge in [-0.05, 0) is 36.2 Å². The van der Waals surface area contributed by atoms with Gasteiger partial charge in [-0.25, -0.2) is 9.69 Å². The summed E-state index contributed by atoms with van der Waals surface area (Å²) < 4.78 is 5.53. The molecular formula is C24H24N2O6. The molecule has 32 heavy (non-hydrogen) atoms. The van der Waals surface area contributed by atoms with E-state index >= 15 is 0 Å². The molecule has 0 spiro atoms. The van der Waals surface area contributed by atoms with Gasteiger partial charge in [-0.3, -0.25) is 14.4 Å². The Morgan fingerprint density at radius 2 is 1.78 bits per heavy atom. The molecule has 8 heteroatoms. The van der Waals surface area contributed by atoms with Gasteiger partial charge in [-0.15, -0.1) is 0 Å². The van der Waals surface area contributed by atoms with Crippen molar-refractivity contribution in [2.24, 2.45) is 0 Å². The lowest BCUT2D eigenvalue weighted by Gasteiger charge is -2.26. The van der Waals surface area contributed by atoms with Crippen LogP contribution < -0.4 is 9.64 Å². The number of aliphatic carboxylic acids is 1. The zero-order valence-corrected chi connectivity index (χ0v) is 17.6. The molecule has 0 aliphatic carbocycles. The third kappa shape index (κ3) is 5.40. The molecular weight excluding hydrogens is 412 g/mol. The molecule has 8 nitrogen and oxygen atoms in total. The second kappa shape index (κ2) is 10.4. The van der Waals surface area contributed by atoms with Crippen LogP contribution in [-0.2, 0) is 25.7 Å². The maximum absolute atomic E-state index is 13.2. The topological polar surface area (TPSA) is 104 Å². The maximum Gasteiger partial charge on any atom is 0.328 e. The van der Waals surface area contributed by atoms with E-state index in [1.165, 1.54) is 4.90 Å². The second-order valence-corrected chi connectivity index (χ2v) is 7.25. The maximum atomic E-state index is 13.2. The molecule has 1 fully saturated rings. The van der Waals surface area contributed by atoms with Gasteiger partial charge in [0, 0.05) is 18.7 Å². The van der Waals surface area contributed by atoms with Crippen molar-refractivity contribution in [2.75, 3.05) is 11.5 Å². The molecule has 0 saturated carbocycles. The van der Waals surface area contributed by atoms with Crippen molar-refractivity contribution in [3.63, 3.8) is 0 Å². The van der Waals surface area contributed by atoms with Gasteiger partial charge in [-0.1, -0.05) is 37.3 Å². The Balaban J connectivity index is 1.85. The fraction of sp³-hybridized carbons (Fsp3) is 0.250. The zero-order valence-electron chi connectivity index (χ0n) is 17.6. The third-order valence-electron chi connectivity index (χ3n) is 4.91. The van der Waals surface area contributed by atoms with Crippen molar-refractivity contribution >= 4 is 29.4 Å². The van der Waals surface area contributed by atoms with Gasteiger partial charge in [0.15, 0.2) is 0 Å². The number of carbonyl (C=O) groups excluding carboxylic acids is 3. The first kappa shape index (κ1) is 22.7. The van der Waals surface area contributed by atoms with E-state index in [4.69, 9.17) is 9.84 Å². The number of hydrogen-bond donors (Lipinski definition) is 1. The van der Waals surface area contributed by atoms with E-state index < -0.39 is 29.7 Å². The van der Waals surface area contributed by atoms with Gasteiger partial charge in [0.1, 0.15) is 11.8 Å². The lowest BCUT2D eigenvalue weighted by atomic mass is 10.1. The number of carboxylic acid groups (broad SMARTS) is 1. The first-order valence-corrected chi connectivity index (χ1v) is 10.3. The highest BCUT2D eigenvalue weighted by Crippen LogP contribution is 2.28. The monoisotopic (exact) mass is 436 g/mol. The molecule has 0 bridgehead atoms. The summed E-state index contributed by atoms with van der Waals surface area (Å²) in [4.78, 5) is 51.8. The average molecular weight is 436 g/mol. The van der Waals surface area contributed by atoms with Crippen molar-refractivity contribution in [1.82, 2.24) is 4.90 Å². The zero-order chi connectivity index (χ0) is 23.1. The predicted octanol–water partition coefficient (Wildman–Crippen LogP) is 2.78. The molecule has 0 radical (unpaired) electrons. The van der Waals surface area contributed by atoms with Crippen LogP contribution in [0, 0.1) is 0 Å². The normalized spacial score (nSPS) is 15.9. The van der Waals surface area contributed by atoms with Crippen LogP contribution in [0.2, 0.25) is 0 Å². The molecule has 0 aromatic heterocycles. The molecule has 1 saturated heterocycles. The van der Waals surface area contributed by atoms with Crippen LogP contribution in [0.4, 0.5) is 5.69 Å². The fourth-order valence-electron chi connectivity index (χ4n) is 3.40. The summed E-state index contributed by atoms with van der Waals surface area (Å²) in [6.45, 7) is 2.61. The van der Waals surface area contributed by atoms with Gasteiger partial charge in [0.05, 0.1) is 18.7 Å². The van der Waals surface area contributed by atoms with E-state index in [1.54, 1.807) is 48.5 Å². The second-order valence-electron chi connectivity index (χ2n) is 7.25. The number of amides is 3. The summed E-state index contributed by atoms with van der Waals surface area (Å²) in [5.41, 5.74) is 1.14.